The average molecular weight is 481 g/mol. The molecule has 1 heterocycles. The molecule has 0 aromatic heterocycles. The van der Waals surface area contributed by atoms with Crippen molar-refractivity contribution in [3.05, 3.63) is 62.5 Å². The molecule has 0 bridgehead atoms. The lowest BCUT2D eigenvalue weighted by atomic mass is 9.88. The molecule has 0 saturated heterocycles. The molecule has 0 fully saturated rings. The van der Waals surface area contributed by atoms with Crippen molar-refractivity contribution in [2.45, 2.75) is 31.8 Å². The van der Waals surface area contributed by atoms with Crippen LogP contribution in [-0.2, 0) is 10.4 Å². The van der Waals surface area contributed by atoms with Gasteiger partial charge in [0, 0.05) is 26.6 Å². The van der Waals surface area contributed by atoms with E-state index in [0.717, 1.165) is 21.8 Å². The summed E-state index contributed by atoms with van der Waals surface area (Å²) >= 11 is 6.73. The number of Topliss-reactive ketones (excluding diaryl/α,β-unsaturated/α-hetero) is 1. The van der Waals surface area contributed by atoms with E-state index in [9.17, 15) is 14.7 Å². The minimum atomic E-state index is -1.84. The van der Waals surface area contributed by atoms with Crippen LogP contribution in [0.2, 0.25) is 0 Å². The summed E-state index contributed by atoms with van der Waals surface area (Å²) in [5, 5.41) is 11.3. The number of amides is 1. The first-order valence-electron chi connectivity index (χ1n) is 8.50. The number of benzene rings is 2. The summed E-state index contributed by atoms with van der Waals surface area (Å²) in [5.41, 5.74) is -0.203. The van der Waals surface area contributed by atoms with Gasteiger partial charge >= 0.3 is 0 Å². The van der Waals surface area contributed by atoms with Crippen LogP contribution >= 0.6 is 31.9 Å². The van der Waals surface area contributed by atoms with Crippen LogP contribution < -0.4 is 4.90 Å². The number of unbranched alkanes of at least 4 members (excludes halogenated alkanes) is 1. The van der Waals surface area contributed by atoms with E-state index in [1.165, 1.54) is 0 Å². The Morgan fingerprint density at radius 3 is 2.42 bits per heavy atom. The zero-order chi connectivity index (χ0) is 18.9. The lowest BCUT2D eigenvalue weighted by Crippen LogP contribution is -2.42. The third kappa shape index (κ3) is 3.50. The molecule has 0 spiro atoms. The number of carbonyl (C=O) groups excluding carboxylic acids is 2. The number of aliphatic hydroxyl groups is 1. The summed E-state index contributed by atoms with van der Waals surface area (Å²) in [6, 6.07) is 12.3. The number of hydrogen-bond acceptors (Lipinski definition) is 3. The Morgan fingerprint density at radius 2 is 1.77 bits per heavy atom. The Morgan fingerprint density at radius 1 is 1.12 bits per heavy atom. The first-order valence-corrected chi connectivity index (χ1v) is 10.1. The maximum Gasteiger partial charge on any atom is 0.264 e. The van der Waals surface area contributed by atoms with Crippen LogP contribution in [0.3, 0.4) is 0 Å². The second kappa shape index (κ2) is 7.62. The van der Waals surface area contributed by atoms with Crippen molar-refractivity contribution >= 4 is 49.2 Å². The predicted octanol–water partition coefficient (Wildman–Crippen LogP) is 4.82. The molecule has 1 aliphatic heterocycles. The zero-order valence-corrected chi connectivity index (χ0v) is 17.5. The van der Waals surface area contributed by atoms with Crippen molar-refractivity contribution in [1.29, 1.82) is 0 Å². The van der Waals surface area contributed by atoms with Crippen LogP contribution in [-0.4, -0.2) is 23.3 Å². The molecule has 136 valence electrons. The average Bonchev–Trinajstić information content (AvgIpc) is 2.81. The summed E-state index contributed by atoms with van der Waals surface area (Å²) in [5.74, 6) is -0.693. The van der Waals surface area contributed by atoms with Crippen molar-refractivity contribution in [3.63, 3.8) is 0 Å². The molecule has 0 radical (unpaired) electrons. The highest BCUT2D eigenvalue weighted by Crippen LogP contribution is 2.44. The fourth-order valence-corrected chi connectivity index (χ4v) is 3.83. The van der Waals surface area contributed by atoms with E-state index >= 15 is 0 Å². The Hall–Kier alpha value is -1.50. The predicted molar refractivity (Wildman–Crippen MR) is 108 cm³/mol. The zero-order valence-electron chi connectivity index (χ0n) is 14.3. The van der Waals surface area contributed by atoms with Gasteiger partial charge in [-0.25, -0.2) is 0 Å². The monoisotopic (exact) mass is 479 g/mol. The number of ketones is 1. The van der Waals surface area contributed by atoms with Gasteiger partial charge in [0.05, 0.1) is 12.1 Å². The number of hydrogen-bond donors (Lipinski definition) is 1. The molecule has 1 amide bonds. The molecule has 0 saturated carbocycles. The molecule has 2 aromatic rings. The highest BCUT2D eigenvalue weighted by molar-refractivity contribution is 9.10. The lowest BCUT2D eigenvalue weighted by Gasteiger charge is -2.22. The summed E-state index contributed by atoms with van der Waals surface area (Å²) in [6.45, 7) is 2.57. The van der Waals surface area contributed by atoms with Crippen molar-refractivity contribution in [1.82, 2.24) is 0 Å². The highest BCUT2D eigenvalue weighted by atomic mass is 79.9. The second-order valence-corrected chi connectivity index (χ2v) is 8.27. The van der Waals surface area contributed by atoms with Crippen LogP contribution in [0.1, 0.15) is 42.1 Å². The van der Waals surface area contributed by atoms with Gasteiger partial charge in [-0.3, -0.25) is 9.59 Å². The highest BCUT2D eigenvalue weighted by Gasteiger charge is 2.50. The first-order chi connectivity index (χ1) is 12.4. The molecule has 0 aliphatic carbocycles. The molecule has 3 rings (SSSR count). The fourth-order valence-electron chi connectivity index (χ4n) is 3.20. The number of carbonyl (C=O) groups is 2. The second-order valence-electron chi connectivity index (χ2n) is 6.44. The van der Waals surface area contributed by atoms with Crippen LogP contribution in [0.15, 0.2) is 51.4 Å². The van der Waals surface area contributed by atoms with E-state index in [2.05, 4.69) is 31.9 Å². The Bertz CT molecular complexity index is 851. The van der Waals surface area contributed by atoms with Crippen molar-refractivity contribution in [2.24, 2.45) is 0 Å². The smallest absolute Gasteiger partial charge is 0.264 e. The van der Waals surface area contributed by atoms with Gasteiger partial charge in [-0.15, -0.1) is 0 Å². The fraction of sp³-hybridized carbons (Fsp3) is 0.300. The number of halogens is 2. The molecular weight excluding hydrogens is 462 g/mol. The molecule has 4 nitrogen and oxygen atoms in total. The lowest BCUT2D eigenvalue weighted by molar-refractivity contribution is -0.135. The van der Waals surface area contributed by atoms with Crippen molar-refractivity contribution in [3.8, 4) is 0 Å². The van der Waals surface area contributed by atoms with Gasteiger partial charge in [-0.2, -0.15) is 0 Å². The topological polar surface area (TPSA) is 57.6 Å². The molecule has 1 unspecified atom stereocenters. The standard InChI is InChI=1S/C20H19Br2NO3/c1-2-3-10-23-17-9-8-15(22)11-16(17)20(26,19(23)25)12-18(24)13-4-6-14(21)7-5-13/h4-9,11,26H,2-3,10,12H2,1H3. The Kier molecular flexibility index (Phi) is 5.65. The number of fused-ring (bicyclic) bond motifs is 1. The van der Waals surface area contributed by atoms with E-state index in [4.69, 9.17) is 0 Å². The molecule has 1 N–H and O–H groups in total. The van der Waals surface area contributed by atoms with E-state index in [1.807, 2.05) is 19.1 Å². The van der Waals surface area contributed by atoms with Gasteiger partial charge in [0.2, 0.25) is 0 Å². The van der Waals surface area contributed by atoms with Gasteiger partial charge in [-0.05, 0) is 36.8 Å². The molecule has 1 atom stereocenters. The summed E-state index contributed by atoms with van der Waals surface area (Å²) in [4.78, 5) is 27.3. The quantitative estimate of drug-likeness (QED) is 0.603. The minimum absolute atomic E-state index is 0.267. The molecule has 6 heteroatoms. The van der Waals surface area contributed by atoms with Gasteiger partial charge in [0.25, 0.3) is 5.91 Å². The third-order valence-corrected chi connectivity index (χ3v) is 5.63. The van der Waals surface area contributed by atoms with Crippen LogP contribution in [0.25, 0.3) is 0 Å². The van der Waals surface area contributed by atoms with Crippen LogP contribution in [0.4, 0.5) is 5.69 Å². The van der Waals surface area contributed by atoms with E-state index < -0.39 is 11.5 Å². The molecular formula is C20H19Br2NO3. The molecule has 2 aromatic carbocycles. The van der Waals surface area contributed by atoms with E-state index in [0.29, 0.717) is 23.4 Å². The summed E-state index contributed by atoms with van der Waals surface area (Å²) in [6.07, 6.45) is 1.49. The van der Waals surface area contributed by atoms with Gasteiger partial charge in [0.15, 0.2) is 11.4 Å². The maximum absolute atomic E-state index is 13.0. The summed E-state index contributed by atoms with van der Waals surface area (Å²) in [7, 11) is 0. The van der Waals surface area contributed by atoms with Gasteiger partial charge < -0.3 is 10.0 Å². The minimum Gasteiger partial charge on any atom is -0.375 e. The van der Waals surface area contributed by atoms with Crippen molar-refractivity contribution < 1.29 is 14.7 Å². The van der Waals surface area contributed by atoms with Crippen molar-refractivity contribution in [2.75, 3.05) is 11.4 Å². The number of rotatable bonds is 6. The Labute approximate surface area is 169 Å². The van der Waals surface area contributed by atoms with E-state index in [-0.39, 0.29) is 12.2 Å². The maximum atomic E-state index is 13.0. The normalized spacial score (nSPS) is 18.9. The SMILES string of the molecule is CCCCN1C(=O)C(O)(CC(=O)c2ccc(Br)cc2)c2cc(Br)ccc21. The van der Waals surface area contributed by atoms with Gasteiger partial charge in [-0.1, -0.05) is 57.3 Å². The van der Waals surface area contributed by atoms with Gasteiger partial charge in [0.1, 0.15) is 0 Å². The first kappa shape index (κ1) is 19.3. The number of nitrogens with zero attached hydrogens (tertiary/aromatic N) is 1. The Balaban J connectivity index is 1.96. The van der Waals surface area contributed by atoms with E-state index in [1.54, 1.807) is 35.2 Å². The largest absolute Gasteiger partial charge is 0.375 e. The molecule has 1 aliphatic rings. The third-order valence-electron chi connectivity index (χ3n) is 4.61. The summed E-state index contributed by atoms with van der Waals surface area (Å²) < 4.78 is 1.63. The van der Waals surface area contributed by atoms with Crippen LogP contribution in [0.5, 0.6) is 0 Å². The van der Waals surface area contributed by atoms with Crippen LogP contribution in [0, 0.1) is 0 Å². The molecule has 26 heavy (non-hydrogen) atoms. The number of anilines is 1.